The Hall–Kier alpha value is -3.77. The number of alkyl halides is 1. The first-order valence-corrected chi connectivity index (χ1v) is 17.5. The van der Waals surface area contributed by atoms with E-state index in [1.165, 1.54) is 12.1 Å². The Morgan fingerprint density at radius 1 is 1.15 bits per heavy atom. The number of piperazine rings is 1. The summed E-state index contributed by atoms with van der Waals surface area (Å²) in [6.45, 7) is 3.23. The Kier molecular flexibility index (Phi) is 7.03. The van der Waals surface area contributed by atoms with Gasteiger partial charge in [0, 0.05) is 49.2 Å². The number of nitrogens with two attached hydrogens (primary N) is 1. The van der Waals surface area contributed by atoms with Crippen molar-refractivity contribution in [2.24, 2.45) is 0 Å². The van der Waals surface area contributed by atoms with Crippen LogP contribution in [0.15, 0.2) is 18.3 Å². The number of nitrogens with zero attached hydrogens (tertiary/aromatic N) is 6. The molecule has 4 atom stereocenters. The summed E-state index contributed by atoms with van der Waals surface area (Å²) in [6, 6.07) is 4.91. The van der Waals surface area contributed by atoms with Gasteiger partial charge in [0.15, 0.2) is 5.82 Å². The van der Waals surface area contributed by atoms with Crippen molar-refractivity contribution < 1.29 is 22.6 Å². The van der Waals surface area contributed by atoms with Crippen LogP contribution in [0.3, 0.4) is 0 Å². The van der Waals surface area contributed by atoms with Crippen LogP contribution in [0, 0.1) is 23.0 Å². The highest BCUT2D eigenvalue weighted by Crippen LogP contribution is 2.44. The van der Waals surface area contributed by atoms with E-state index in [4.69, 9.17) is 20.2 Å². The Bertz CT molecular complexity index is 2000. The molecule has 14 heteroatoms. The number of nitriles is 1. The van der Waals surface area contributed by atoms with Crippen LogP contribution in [0.25, 0.3) is 32.2 Å². The minimum atomic E-state index is -0.921. The van der Waals surface area contributed by atoms with Gasteiger partial charge in [-0.25, -0.2) is 13.2 Å². The van der Waals surface area contributed by atoms with Crippen molar-refractivity contribution in [2.75, 3.05) is 50.0 Å². The zero-order valence-corrected chi connectivity index (χ0v) is 27.1. The molecule has 48 heavy (non-hydrogen) atoms. The zero-order valence-electron chi connectivity index (χ0n) is 26.3. The van der Waals surface area contributed by atoms with Crippen molar-refractivity contribution in [3.05, 3.63) is 35.5 Å². The van der Waals surface area contributed by atoms with Gasteiger partial charge in [-0.05, 0) is 57.2 Å². The standard InChI is InChI=1S/C34H35F3N8O2S/c35-18-10-34(7-1-9-45(34)13-18)17-47-32-41-28-23(31(42-32)44-14-19-6-8-33(15-44,43-19)16-46-20-2-3-20)12-40-27(26(28)37)21-4-5-24(36)29-25(21)22(11-38)30(39)48-29/h4-5,12,18-20,43H,1-3,6-10,13-17,39H2/t18-,19+,33-,34+/m1/s1. The second-order valence-corrected chi connectivity index (χ2v) is 15.2. The molecule has 2 bridgehead atoms. The van der Waals surface area contributed by atoms with Crippen molar-refractivity contribution >= 4 is 43.1 Å². The van der Waals surface area contributed by atoms with Crippen molar-refractivity contribution in [3.63, 3.8) is 0 Å². The van der Waals surface area contributed by atoms with Gasteiger partial charge in [0.1, 0.15) is 46.7 Å². The smallest absolute Gasteiger partial charge is 0.319 e. The molecule has 0 spiro atoms. The van der Waals surface area contributed by atoms with Gasteiger partial charge in [0.2, 0.25) is 0 Å². The maximum Gasteiger partial charge on any atom is 0.319 e. The van der Waals surface area contributed by atoms with E-state index >= 15 is 4.39 Å². The van der Waals surface area contributed by atoms with Crippen LogP contribution in [0.1, 0.15) is 50.5 Å². The van der Waals surface area contributed by atoms with Gasteiger partial charge in [-0.15, -0.1) is 11.3 Å². The number of nitrogen functional groups attached to an aromatic ring is 1. The Labute approximate surface area is 279 Å². The number of anilines is 2. The molecule has 10 nitrogen and oxygen atoms in total. The predicted molar refractivity (Wildman–Crippen MR) is 176 cm³/mol. The average Bonchev–Trinajstić information content (AvgIpc) is 3.49. The molecule has 1 saturated carbocycles. The minimum Gasteiger partial charge on any atom is -0.461 e. The molecular weight excluding hydrogens is 641 g/mol. The van der Waals surface area contributed by atoms with Crippen LogP contribution in [-0.4, -0.2) is 88.6 Å². The number of fused-ring (bicyclic) bond motifs is 5. The average molecular weight is 677 g/mol. The number of hydrogen-bond acceptors (Lipinski definition) is 11. The molecule has 9 rings (SSSR count). The third kappa shape index (κ3) is 4.88. The molecule has 250 valence electrons. The molecule has 1 aliphatic carbocycles. The lowest BCUT2D eigenvalue weighted by atomic mass is 9.95. The van der Waals surface area contributed by atoms with Crippen molar-refractivity contribution in [2.45, 2.75) is 74.3 Å². The van der Waals surface area contributed by atoms with Gasteiger partial charge in [-0.1, -0.05) is 0 Å². The Morgan fingerprint density at radius 2 is 2.02 bits per heavy atom. The van der Waals surface area contributed by atoms with Gasteiger partial charge in [-0.2, -0.15) is 15.2 Å². The van der Waals surface area contributed by atoms with Crippen LogP contribution in [0.4, 0.5) is 24.0 Å². The highest BCUT2D eigenvalue weighted by molar-refractivity contribution is 7.23. The molecule has 0 amide bonds. The molecule has 5 aliphatic rings. The van der Waals surface area contributed by atoms with E-state index in [1.54, 1.807) is 6.20 Å². The summed E-state index contributed by atoms with van der Waals surface area (Å²) in [7, 11) is 0. The van der Waals surface area contributed by atoms with Crippen molar-refractivity contribution in [3.8, 4) is 23.3 Å². The summed E-state index contributed by atoms with van der Waals surface area (Å²) >= 11 is 0.944. The van der Waals surface area contributed by atoms with Crippen molar-refractivity contribution in [1.82, 2.24) is 25.2 Å². The van der Waals surface area contributed by atoms with E-state index in [9.17, 15) is 14.0 Å². The fraction of sp³-hybridized carbons (Fsp3) is 0.529. The highest BCUT2D eigenvalue weighted by Gasteiger charge is 2.50. The SMILES string of the molecule is N#Cc1c(N)sc2c(F)ccc(-c3ncc4c(N5C[C@@H]6CC[C@](COC7CC7)(C5)N6)nc(OC[C@@]56CCCN5C[C@H](F)C6)nc4c3F)c12. The van der Waals surface area contributed by atoms with Crippen LogP contribution in [-0.2, 0) is 4.74 Å². The molecule has 4 aromatic rings. The van der Waals surface area contributed by atoms with E-state index in [2.05, 4.69) is 25.1 Å². The summed E-state index contributed by atoms with van der Waals surface area (Å²) in [6.07, 6.45) is 7.21. The molecule has 7 heterocycles. The summed E-state index contributed by atoms with van der Waals surface area (Å²) in [4.78, 5) is 18.3. The van der Waals surface area contributed by atoms with Crippen molar-refractivity contribution in [1.29, 1.82) is 5.26 Å². The van der Waals surface area contributed by atoms with Gasteiger partial charge >= 0.3 is 6.01 Å². The van der Waals surface area contributed by atoms with Gasteiger partial charge < -0.3 is 25.4 Å². The van der Waals surface area contributed by atoms with Crippen LogP contribution < -0.4 is 20.7 Å². The number of rotatable bonds is 8. The quantitative estimate of drug-likeness (QED) is 0.261. The number of benzene rings is 1. The van der Waals surface area contributed by atoms with E-state index in [1.807, 2.05) is 6.07 Å². The Balaban J connectivity index is 1.15. The Morgan fingerprint density at radius 3 is 2.85 bits per heavy atom. The van der Waals surface area contributed by atoms with E-state index < -0.39 is 23.3 Å². The molecule has 0 unspecified atom stereocenters. The predicted octanol–water partition coefficient (Wildman–Crippen LogP) is 5.08. The van der Waals surface area contributed by atoms with Crippen LogP contribution >= 0.6 is 11.3 Å². The van der Waals surface area contributed by atoms with E-state index in [0.717, 1.165) is 56.4 Å². The molecule has 1 aromatic carbocycles. The second kappa shape index (κ2) is 11.1. The lowest BCUT2D eigenvalue weighted by molar-refractivity contribution is 0.0606. The third-order valence-corrected chi connectivity index (χ3v) is 11.9. The number of hydrogen-bond donors (Lipinski definition) is 2. The van der Waals surface area contributed by atoms with Gasteiger partial charge in [0.05, 0.1) is 39.4 Å². The highest BCUT2D eigenvalue weighted by atomic mass is 32.1. The monoisotopic (exact) mass is 676 g/mol. The molecule has 5 fully saturated rings. The maximum atomic E-state index is 16.9. The first-order chi connectivity index (χ1) is 23.2. The fourth-order valence-electron chi connectivity index (χ4n) is 8.48. The molecule has 0 radical (unpaired) electrons. The lowest BCUT2D eigenvalue weighted by Gasteiger charge is -2.42. The number of halogens is 3. The van der Waals surface area contributed by atoms with Crippen LogP contribution in [0.5, 0.6) is 6.01 Å². The summed E-state index contributed by atoms with van der Waals surface area (Å²) in [5, 5.41) is 14.4. The molecular formula is C34H35F3N8O2S. The lowest BCUT2D eigenvalue weighted by Crippen LogP contribution is -2.62. The molecule has 4 aliphatic heterocycles. The van der Waals surface area contributed by atoms with Gasteiger partial charge in [-0.3, -0.25) is 9.88 Å². The van der Waals surface area contributed by atoms with Crippen LogP contribution in [0.2, 0.25) is 0 Å². The number of aromatic nitrogens is 3. The van der Waals surface area contributed by atoms with Gasteiger partial charge in [0.25, 0.3) is 0 Å². The summed E-state index contributed by atoms with van der Waals surface area (Å²) in [5.41, 5.74) is 5.62. The first-order valence-electron chi connectivity index (χ1n) is 16.7. The minimum absolute atomic E-state index is 0.00362. The summed E-state index contributed by atoms with van der Waals surface area (Å²) in [5.74, 6) is -0.781. The van der Waals surface area contributed by atoms with E-state index in [0.29, 0.717) is 50.0 Å². The summed E-state index contributed by atoms with van der Waals surface area (Å²) < 4.78 is 59.0. The third-order valence-electron chi connectivity index (χ3n) is 10.9. The molecule has 3 aromatic heterocycles. The van der Waals surface area contributed by atoms with E-state index in [-0.39, 0.29) is 61.6 Å². The number of pyridine rings is 1. The number of ether oxygens (including phenoxy) is 2. The number of thiophene rings is 1. The molecule has 3 N–H and O–H groups in total. The second-order valence-electron chi connectivity index (χ2n) is 14.2. The fourth-order valence-corrected chi connectivity index (χ4v) is 9.43. The number of nitrogens with one attached hydrogen (secondary N) is 1. The maximum absolute atomic E-state index is 16.9. The topological polar surface area (TPSA) is 125 Å². The largest absolute Gasteiger partial charge is 0.461 e. The zero-order chi connectivity index (χ0) is 32.8. The molecule has 4 saturated heterocycles. The normalized spacial score (nSPS) is 28.4. The first kappa shape index (κ1) is 30.3.